The number of carbonyl (C=O) groups excluding carboxylic acids is 1. The van der Waals surface area contributed by atoms with Crippen molar-refractivity contribution in [1.29, 1.82) is 0 Å². The van der Waals surface area contributed by atoms with Crippen LogP contribution in [-0.2, 0) is 9.53 Å². The summed E-state index contributed by atoms with van der Waals surface area (Å²) in [6, 6.07) is 0.729. The SMILES string of the molecule is CCN(CCC(=O)N1CCOCC1)C1CCCC1. The van der Waals surface area contributed by atoms with Gasteiger partial charge in [0.1, 0.15) is 0 Å². The molecule has 0 bridgehead atoms. The molecule has 2 rings (SSSR count). The van der Waals surface area contributed by atoms with E-state index in [-0.39, 0.29) is 0 Å². The zero-order chi connectivity index (χ0) is 12.8. The molecule has 0 aromatic heterocycles. The van der Waals surface area contributed by atoms with E-state index in [1.807, 2.05) is 4.90 Å². The molecule has 0 aromatic rings. The molecule has 1 heterocycles. The van der Waals surface area contributed by atoms with Gasteiger partial charge in [-0.15, -0.1) is 0 Å². The molecular formula is C14H26N2O2. The molecule has 1 aliphatic heterocycles. The lowest BCUT2D eigenvalue weighted by Crippen LogP contribution is -2.43. The number of hydrogen-bond acceptors (Lipinski definition) is 3. The molecule has 0 spiro atoms. The molecule has 1 amide bonds. The summed E-state index contributed by atoms with van der Waals surface area (Å²) in [5.41, 5.74) is 0. The lowest BCUT2D eigenvalue weighted by Gasteiger charge is -2.30. The van der Waals surface area contributed by atoms with E-state index < -0.39 is 0 Å². The molecule has 0 aromatic carbocycles. The second-order valence-corrected chi connectivity index (χ2v) is 5.31. The molecule has 1 saturated heterocycles. The minimum atomic E-state index is 0.301. The topological polar surface area (TPSA) is 32.8 Å². The number of nitrogens with zero attached hydrogens (tertiary/aromatic N) is 2. The second-order valence-electron chi connectivity index (χ2n) is 5.31. The first kappa shape index (κ1) is 13.8. The summed E-state index contributed by atoms with van der Waals surface area (Å²) in [4.78, 5) is 16.5. The molecule has 4 nitrogen and oxygen atoms in total. The summed E-state index contributed by atoms with van der Waals surface area (Å²) in [6.07, 6.45) is 6.03. The largest absolute Gasteiger partial charge is 0.378 e. The molecule has 104 valence electrons. The molecule has 4 heteroatoms. The van der Waals surface area contributed by atoms with E-state index in [1.165, 1.54) is 25.7 Å². The lowest BCUT2D eigenvalue weighted by molar-refractivity contribution is -0.135. The third-order valence-electron chi connectivity index (χ3n) is 4.22. The van der Waals surface area contributed by atoms with Gasteiger partial charge < -0.3 is 14.5 Å². The highest BCUT2D eigenvalue weighted by Gasteiger charge is 2.23. The predicted molar refractivity (Wildman–Crippen MR) is 71.5 cm³/mol. The van der Waals surface area contributed by atoms with Crippen molar-refractivity contribution in [2.45, 2.75) is 45.1 Å². The molecular weight excluding hydrogens is 228 g/mol. The fourth-order valence-electron chi connectivity index (χ4n) is 3.08. The number of hydrogen-bond donors (Lipinski definition) is 0. The molecule has 0 N–H and O–H groups in total. The average molecular weight is 254 g/mol. The zero-order valence-electron chi connectivity index (χ0n) is 11.6. The maximum atomic E-state index is 12.1. The van der Waals surface area contributed by atoms with Crippen LogP contribution in [0.5, 0.6) is 0 Å². The van der Waals surface area contributed by atoms with Crippen LogP contribution in [0.3, 0.4) is 0 Å². The number of morpholine rings is 1. The molecule has 18 heavy (non-hydrogen) atoms. The Morgan fingerprint density at radius 3 is 2.56 bits per heavy atom. The van der Waals surface area contributed by atoms with E-state index in [1.54, 1.807) is 0 Å². The van der Waals surface area contributed by atoms with Crippen LogP contribution in [0.1, 0.15) is 39.0 Å². The van der Waals surface area contributed by atoms with Crippen LogP contribution in [-0.4, -0.2) is 61.1 Å². The van der Waals surface area contributed by atoms with Gasteiger partial charge in [-0.1, -0.05) is 19.8 Å². The van der Waals surface area contributed by atoms with Crippen LogP contribution >= 0.6 is 0 Å². The van der Waals surface area contributed by atoms with Crippen molar-refractivity contribution in [2.75, 3.05) is 39.4 Å². The van der Waals surface area contributed by atoms with Crippen molar-refractivity contribution >= 4 is 5.91 Å². The van der Waals surface area contributed by atoms with Crippen molar-refractivity contribution in [3.05, 3.63) is 0 Å². The molecule has 0 unspecified atom stereocenters. The van der Waals surface area contributed by atoms with E-state index in [4.69, 9.17) is 4.74 Å². The molecule has 0 radical (unpaired) electrons. The van der Waals surface area contributed by atoms with Gasteiger partial charge in [-0.2, -0.15) is 0 Å². The Morgan fingerprint density at radius 1 is 1.28 bits per heavy atom. The van der Waals surface area contributed by atoms with Crippen molar-refractivity contribution in [2.24, 2.45) is 0 Å². The van der Waals surface area contributed by atoms with Gasteiger partial charge >= 0.3 is 0 Å². The Morgan fingerprint density at radius 2 is 1.94 bits per heavy atom. The van der Waals surface area contributed by atoms with Gasteiger partial charge in [-0.3, -0.25) is 4.79 Å². The Kier molecular flexibility index (Phi) is 5.45. The monoisotopic (exact) mass is 254 g/mol. The van der Waals surface area contributed by atoms with E-state index in [2.05, 4.69) is 11.8 Å². The fraction of sp³-hybridized carbons (Fsp3) is 0.929. The van der Waals surface area contributed by atoms with Crippen LogP contribution < -0.4 is 0 Å². The molecule has 1 aliphatic carbocycles. The van der Waals surface area contributed by atoms with Crippen LogP contribution in [0, 0.1) is 0 Å². The van der Waals surface area contributed by atoms with Crippen molar-refractivity contribution in [1.82, 2.24) is 9.80 Å². The number of rotatable bonds is 5. The van der Waals surface area contributed by atoms with Crippen LogP contribution in [0.4, 0.5) is 0 Å². The number of carbonyl (C=O) groups is 1. The van der Waals surface area contributed by atoms with E-state index in [0.717, 1.165) is 32.2 Å². The normalized spacial score (nSPS) is 21.8. The van der Waals surface area contributed by atoms with Gasteiger partial charge in [-0.05, 0) is 19.4 Å². The molecule has 1 saturated carbocycles. The minimum absolute atomic E-state index is 0.301. The van der Waals surface area contributed by atoms with E-state index >= 15 is 0 Å². The first-order valence-electron chi connectivity index (χ1n) is 7.41. The highest BCUT2D eigenvalue weighted by Crippen LogP contribution is 2.23. The van der Waals surface area contributed by atoms with Gasteiger partial charge in [0.15, 0.2) is 0 Å². The van der Waals surface area contributed by atoms with Crippen LogP contribution in [0.15, 0.2) is 0 Å². The van der Waals surface area contributed by atoms with Gasteiger partial charge in [0.05, 0.1) is 13.2 Å². The average Bonchev–Trinajstić information content (AvgIpc) is 2.94. The maximum absolute atomic E-state index is 12.1. The molecule has 0 atom stereocenters. The quantitative estimate of drug-likeness (QED) is 0.745. The van der Waals surface area contributed by atoms with E-state index in [9.17, 15) is 4.79 Å². The maximum Gasteiger partial charge on any atom is 0.224 e. The summed E-state index contributed by atoms with van der Waals surface area (Å²) in [5.74, 6) is 0.301. The van der Waals surface area contributed by atoms with Crippen LogP contribution in [0.2, 0.25) is 0 Å². The first-order valence-corrected chi connectivity index (χ1v) is 7.41. The Labute approximate surface area is 110 Å². The third-order valence-corrected chi connectivity index (χ3v) is 4.22. The predicted octanol–water partition coefficient (Wildman–Crippen LogP) is 1.50. The second kappa shape index (κ2) is 7.10. The van der Waals surface area contributed by atoms with Crippen molar-refractivity contribution in [3.8, 4) is 0 Å². The summed E-state index contributed by atoms with van der Waals surface area (Å²) >= 11 is 0. The Hall–Kier alpha value is -0.610. The summed E-state index contributed by atoms with van der Waals surface area (Å²) < 4.78 is 5.27. The van der Waals surface area contributed by atoms with Crippen molar-refractivity contribution in [3.63, 3.8) is 0 Å². The van der Waals surface area contributed by atoms with Gasteiger partial charge in [0, 0.05) is 32.1 Å². The first-order chi connectivity index (χ1) is 8.81. The van der Waals surface area contributed by atoms with Gasteiger partial charge in [0.25, 0.3) is 0 Å². The molecule has 2 aliphatic rings. The molecule has 2 fully saturated rings. The van der Waals surface area contributed by atoms with E-state index in [0.29, 0.717) is 25.5 Å². The summed E-state index contributed by atoms with van der Waals surface area (Å²) in [5, 5.41) is 0. The minimum Gasteiger partial charge on any atom is -0.378 e. The number of amides is 1. The highest BCUT2D eigenvalue weighted by atomic mass is 16.5. The lowest BCUT2D eigenvalue weighted by atomic mass is 10.2. The number of ether oxygens (including phenoxy) is 1. The summed E-state index contributed by atoms with van der Waals surface area (Å²) in [7, 11) is 0. The van der Waals surface area contributed by atoms with Gasteiger partial charge in [-0.25, -0.2) is 0 Å². The van der Waals surface area contributed by atoms with Crippen molar-refractivity contribution < 1.29 is 9.53 Å². The van der Waals surface area contributed by atoms with Gasteiger partial charge in [0.2, 0.25) is 5.91 Å². The fourth-order valence-corrected chi connectivity index (χ4v) is 3.08. The summed E-state index contributed by atoms with van der Waals surface area (Å²) in [6.45, 7) is 7.15. The highest BCUT2D eigenvalue weighted by molar-refractivity contribution is 5.76. The third kappa shape index (κ3) is 3.69. The zero-order valence-corrected chi connectivity index (χ0v) is 11.6. The smallest absolute Gasteiger partial charge is 0.224 e. The Bertz CT molecular complexity index is 259. The standard InChI is InChI=1S/C14H26N2O2/c1-2-15(13-5-3-4-6-13)8-7-14(17)16-9-11-18-12-10-16/h13H,2-12H2,1H3. The van der Waals surface area contributed by atoms with Crippen LogP contribution in [0.25, 0.3) is 0 Å². The Balaban J connectivity index is 1.72.